The molecule has 2 fully saturated rings. The quantitative estimate of drug-likeness (QED) is 0.789. The number of imide groups is 1. The summed E-state index contributed by atoms with van der Waals surface area (Å²) in [6, 6.07) is 4.64. The Kier molecular flexibility index (Phi) is 3.95. The van der Waals surface area contributed by atoms with Gasteiger partial charge in [-0.05, 0) is 49.4 Å². The van der Waals surface area contributed by atoms with Crippen molar-refractivity contribution < 1.29 is 24.2 Å². The van der Waals surface area contributed by atoms with Gasteiger partial charge in [-0.15, -0.1) is 0 Å². The number of rotatable bonds is 3. The second kappa shape index (κ2) is 6.15. The second-order valence-electron chi connectivity index (χ2n) is 6.87. The van der Waals surface area contributed by atoms with Crippen molar-refractivity contribution in [1.29, 1.82) is 0 Å². The first-order valence-electron chi connectivity index (χ1n) is 8.65. The monoisotopic (exact) mass is 344 g/mol. The summed E-state index contributed by atoms with van der Waals surface area (Å²) in [7, 11) is 0. The van der Waals surface area contributed by atoms with Gasteiger partial charge in [0.05, 0.1) is 6.10 Å². The molecular formula is C18H20N2O5. The van der Waals surface area contributed by atoms with Crippen LogP contribution < -0.4 is 10.1 Å². The maximum Gasteiger partial charge on any atom is 0.255 e. The Hall–Kier alpha value is -2.41. The maximum atomic E-state index is 12.6. The van der Waals surface area contributed by atoms with Gasteiger partial charge in [0.15, 0.2) is 0 Å². The molecule has 0 spiro atoms. The van der Waals surface area contributed by atoms with Crippen LogP contribution in [0.15, 0.2) is 18.2 Å². The van der Waals surface area contributed by atoms with Gasteiger partial charge in [-0.3, -0.25) is 19.7 Å². The van der Waals surface area contributed by atoms with Crippen LogP contribution in [0.4, 0.5) is 0 Å². The van der Waals surface area contributed by atoms with E-state index in [1.54, 1.807) is 12.1 Å². The molecule has 7 heteroatoms. The van der Waals surface area contributed by atoms with Crippen LogP contribution in [0.5, 0.6) is 5.75 Å². The highest BCUT2D eigenvalue weighted by molar-refractivity contribution is 6.05. The summed E-state index contributed by atoms with van der Waals surface area (Å²) in [6.07, 6.45) is 2.44. The van der Waals surface area contributed by atoms with Crippen molar-refractivity contribution in [2.75, 3.05) is 0 Å². The molecule has 2 N–H and O–H groups in total. The Morgan fingerprint density at radius 3 is 2.72 bits per heavy atom. The molecule has 1 unspecified atom stereocenters. The molecule has 0 bridgehead atoms. The molecule has 1 saturated carbocycles. The molecule has 1 aromatic carbocycles. The SMILES string of the molecule is O=C1CCC(N2Cc3cc(O[C@@H]4CCC[C@@H]4O)ccc3C2=O)C(=O)N1. The van der Waals surface area contributed by atoms with Crippen molar-refractivity contribution in [2.24, 2.45) is 0 Å². The highest BCUT2D eigenvalue weighted by atomic mass is 16.5. The molecule has 1 aliphatic carbocycles. The highest BCUT2D eigenvalue weighted by Gasteiger charge is 2.39. The minimum absolute atomic E-state index is 0.197. The third-order valence-electron chi connectivity index (χ3n) is 5.20. The summed E-state index contributed by atoms with van der Waals surface area (Å²) >= 11 is 0. The first-order valence-corrected chi connectivity index (χ1v) is 8.65. The first kappa shape index (κ1) is 16.1. The van der Waals surface area contributed by atoms with E-state index in [2.05, 4.69) is 5.32 Å². The van der Waals surface area contributed by atoms with Crippen molar-refractivity contribution in [2.45, 2.75) is 56.9 Å². The van der Waals surface area contributed by atoms with Gasteiger partial charge < -0.3 is 14.7 Å². The van der Waals surface area contributed by atoms with Crippen LogP contribution in [-0.4, -0.2) is 46.0 Å². The Bertz CT molecular complexity index is 747. The molecule has 2 heterocycles. The van der Waals surface area contributed by atoms with Gasteiger partial charge in [0.25, 0.3) is 5.91 Å². The van der Waals surface area contributed by atoms with E-state index in [9.17, 15) is 19.5 Å². The minimum Gasteiger partial charge on any atom is -0.488 e. The topological polar surface area (TPSA) is 95.9 Å². The largest absolute Gasteiger partial charge is 0.488 e. The fourth-order valence-electron chi connectivity index (χ4n) is 3.84. The fourth-order valence-corrected chi connectivity index (χ4v) is 3.84. The average Bonchev–Trinajstić information content (AvgIpc) is 3.12. The maximum absolute atomic E-state index is 12.6. The lowest BCUT2D eigenvalue weighted by Gasteiger charge is -2.29. The number of benzene rings is 1. The molecule has 3 amide bonds. The molecular weight excluding hydrogens is 324 g/mol. The van der Waals surface area contributed by atoms with Gasteiger partial charge in [0, 0.05) is 18.5 Å². The third-order valence-corrected chi connectivity index (χ3v) is 5.20. The number of carbonyl (C=O) groups is 3. The summed E-state index contributed by atoms with van der Waals surface area (Å²) in [4.78, 5) is 37.5. The normalized spacial score (nSPS) is 28.9. The fraction of sp³-hybridized carbons (Fsp3) is 0.500. The Morgan fingerprint density at radius 1 is 1.16 bits per heavy atom. The molecule has 3 atom stereocenters. The van der Waals surface area contributed by atoms with Crippen molar-refractivity contribution in [1.82, 2.24) is 10.2 Å². The first-order chi connectivity index (χ1) is 12.0. The Morgan fingerprint density at radius 2 is 2.00 bits per heavy atom. The lowest BCUT2D eigenvalue weighted by Crippen LogP contribution is -2.52. The van der Waals surface area contributed by atoms with Gasteiger partial charge in [-0.1, -0.05) is 0 Å². The molecule has 1 aromatic rings. The van der Waals surface area contributed by atoms with Crippen molar-refractivity contribution in [3.63, 3.8) is 0 Å². The number of aliphatic hydroxyl groups is 1. The van der Waals surface area contributed by atoms with Crippen LogP contribution in [0.2, 0.25) is 0 Å². The zero-order valence-electron chi connectivity index (χ0n) is 13.7. The van der Waals surface area contributed by atoms with Crippen molar-refractivity contribution in [3.05, 3.63) is 29.3 Å². The zero-order chi connectivity index (χ0) is 17.6. The van der Waals surface area contributed by atoms with E-state index >= 15 is 0 Å². The van der Waals surface area contributed by atoms with Gasteiger partial charge in [-0.25, -0.2) is 0 Å². The molecule has 0 radical (unpaired) electrons. The predicted octanol–water partition coefficient (Wildman–Crippen LogP) is 0.740. The van der Waals surface area contributed by atoms with Gasteiger partial charge >= 0.3 is 0 Å². The number of hydrogen-bond donors (Lipinski definition) is 2. The highest BCUT2D eigenvalue weighted by Crippen LogP contribution is 2.32. The van der Waals surface area contributed by atoms with Gasteiger partial charge in [0.2, 0.25) is 11.8 Å². The van der Waals surface area contributed by atoms with Crippen LogP contribution in [0.25, 0.3) is 0 Å². The molecule has 1 saturated heterocycles. The van der Waals surface area contributed by atoms with E-state index < -0.39 is 18.1 Å². The predicted molar refractivity (Wildman–Crippen MR) is 86.8 cm³/mol. The number of nitrogens with one attached hydrogen (secondary N) is 1. The van der Waals surface area contributed by atoms with Crippen molar-refractivity contribution in [3.8, 4) is 5.75 Å². The van der Waals surface area contributed by atoms with Crippen LogP contribution in [0, 0.1) is 0 Å². The van der Waals surface area contributed by atoms with E-state index in [4.69, 9.17) is 4.74 Å². The van der Waals surface area contributed by atoms with Gasteiger partial charge in [0.1, 0.15) is 17.9 Å². The van der Waals surface area contributed by atoms with E-state index in [1.807, 2.05) is 6.07 Å². The summed E-state index contributed by atoms with van der Waals surface area (Å²) in [6.45, 7) is 0.324. The number of piperidine rings is 1. The van der Waals surface area contributed by atoms with Crippen LogP contribution in [0.3, 0.4) is 0 Å². The summed E-state index contributed by atoms with van der Waals surface area (Å²) in [5.74, 6) is -0.279. The molecule has 3 aliphatic rings. The van der Waals surface area contributed by atoms with E-state index in [-0.39, 0.29) is 24.3 Å². The Labute approximate surface area is 144 Å². The molecule has 25 heavy (non-hydrogen) atoms. The molecule has 4 rings (SSSR count). The molecule has 2 aliphatic heterocycles. The lowest BCUT2D eigenvalue weighted by molar-refractivity contribution is -0.136. The van der Waals surface area contributed by atoms with E-state index in [1.165, 1.54) is 4.90 Å². The summed E-state index contributed by atoms with van der Waals surface area (Å²) in [5.41, 5.74) is 1.36. The number of ether oxygens (including phenoxy) is 1. The number of fused-ring (bicyclic) bond motifs is 1. The summed E-state index contributed by atoms with van der Waals surface area (Å²) < 4.78 is 5.86. The average molecular weight is 344 g/mol. The molecule has 132 valence electrons. The molecule has 7 nitrogen and oxygen atoms in total. The van der Waals surface area contributed by atoms with Gasteiger partial charge in [-0.2, -0.15) is 0 Å². The third kappa shape index (κ3) is 2.89. The number of amides is 3. The van der Waals surface area contributed by atoms with E-state index in [0.29, 0.717) is 24.3 Å². The van der Waals surface area contributed by atoms with Crippen LogP contribution in [-0.2, 0) is 16.1 Å². The minimum atomic E-state index is -0.612. The number of hydrogen-bond acceptors (Lipinski definition) is 5. The van der Waals surface area contributed by atoms with E-state index in [0.717, 1.165) is 24.8 Å². The lowest BCUT2D eigenvalue weighted by atomic mass is 10.0. The number of aliphatic hydroxyl groups excluding tert-OH is 1. The molecule has 0 aromatic heterocycles. The zero-order valence-corrected chi connectivity index (χ0v) is 13.7. The number of nitrogens with zero attached hydrogens (tertiary/aromatic N) is 1. The van der Waals surface area contributed by atoms with Crippen LogP contribution >= 0.6 is 0 Å². The smallest absolute Gasteiger partial charge is 0.255 e. The Balaban J connectivity index is 1.51. The summed E-state index contributed by atoms with van der Waals surface area (Å²) in [5, 5.41) is 12.2. The van der Waals surface area contributed by atoms with Crippen molar-refractivity contribution >= 4 is 17.7 Å². The standard InChI is InChI=1S/C18H20N2O5/c21-14-2-1-3-15(14)25-11-4-5-12-10(8-11)9-20(18(12)24)13-6-7-16(22)19-17(13)23/h4-5,8,13-15,21H,1-3,6-7,9H2,(H,19,22,23)/t13?,14-,15+/m0/s1. The van der Waals surface area contributed by atoms with Crippen LogP contribution in [0.1, 0.15) is 48.0 Å². The number of carbonyl (C=O) groups excluding carboxylic acids is 3. The second-order valence-corrected chi connectivity index (χ2v) is 6.87.